The van der Waals surface area contributed by atoms with E-state index < -0.39 is 5.97 Å². The fraction of sp³-hybridized carbons (Fsp3) is 0.192. The molecule has 3 N–H and O–H groups in total. The summed E-state index contributed by atoms with van der Waals surface area (Å²) in [4.78, 5) is 24.0. The van der Waals surface area contributed by atoms with Crippen molar-refractivity contribution >= 4 is 17.6 Å². The number of hydrogen-bond donors (Lipinski definition) is 3. The molecule has 1 amide bonds. The Labute approximate surface area is 197 Å². The summed E-state index contributed by atoms with van der Waals surface area (Å²) in [6, 6.07) is 22.3. The summed E-state index contributed by atoms with van der Waals surface area (Å²) >= 11 is 0. The van der Waals surface area contributed by atoms with Crippen LogP contribution in [0.15, 0.2) is 72.8 Å². The second kappa shape index (κ2) is 10.5. The van der Waals surface area contributed by atoms with E-state index in [0.717, 1.165) is 35.1 Å². The first-order valence-corrected chi connectivity index (χ1v) is 11.1. The van der Waals surface area contributed by atoms with Gasteiger partial charge in [0.1, 0.15) is 0 Å². The summed E-state index contributed by atoms with van der Waals surface area (Å²) in [5, 5.41) is 26.1. The Morgan fingerprint density at radius 1 is 0.971 bits per heavy atom. The number of amides is 1. The summed E-state index contributed by atoms with van der Waals surface area (Å²) in [6.45, 7) is 2.06. The number of aromatic nitrogens is 4. The molecule has 8 heteroatoms. The van der Waals surface area contributed by atoms with Gasteiger partial charge >= 0.3 is 5.97 Å². The van der Waals surface area contributed by atoms with Crippen LogP contribution in [0.2, 0.25) is 0 Å². The normalized spacial score (nSPS) is 11.7. The number of aromatic amines is 1. The Morgan fingerprint density at radius 3 is 2.29 bits per heavy atom. The van der Waals surface area contributed by atoms with Gasteiger partial charge in [-0.1, -0.05) is 61.9 Å². The van der Waals surface area contributed by atoms with E-state index in [4.69, 9.17) is 5.11 Å². The number of tetrazole rings is 1. The molecule has 1 atom stereocenters. The van der Waals surface area contributed by atoms with Gasteiger partial charge in [0, 0.05) is 17.2 Å². The highest BCUT2D eigenvalue weighted by Crippen LogP contribution is 2.30. The van der Waals surface area contributed by atoms with Gasteiger partial charge < -0.3 is 10.4 Å². The molecule has 172 valence electrons. The van der Waals surface area contributed by atoms with Crippen molar-refractivity contribution in [2.75, 3.05) is 5.32 Å². The summed E-state index contributed by atoms with van der Waals surface area (Å²) in [7, 11) is 0. The molecule has 0 saturated carbocycles. The topological polar surface area (TPSA) is 121 Å². The minimum Gasteiger partial charge on any atom is -0.478 e. The first-order chi connectivity index (χ1) is 16.5. The van der Waals surface area contributed by atoms with Crippen LogP contribution in [-0.2, 0) is 11.2 Å². The molecule has 1 heterocycles. The third-order valence-electron chi connectivity index (χ3n) is 5.68. The first kappa shape index (κ1) is 22.8. The third-order valence-corrected chi connectivity index (χ3v) is 5.68. The van der Waals surface area contributed by atoms with Crippen molar-refractivity contribution in [1.29, 1.82) is 0 Å². The van der Waals surface area contributed by atoms with Crippen LogP contribution in [0.5, 0.6) is 0 Å². The number of carbonyl (C=O) groups excluding carboxylic acids is 1. The van der Waals surface area contributed by atoms with Crippen LogP contribution in [0, 0.1) is 5.92 Å². The number of benzene rings is 3. The van der Waals surface area contributed by atoms with Gasteiger partial charge in [0.25, 0.3) is 0 Å². The second-order valence-corrected chi connectivity index (χ2v) is 8.05. The van der Waals surface area contributed by atoms with Crippen molar-refractivity contribution in [3.63, 3.8) is 0 Å². The maximum Gasteiger partial charge on any atom is 0.335 e. The smallest absolute Gasteiger partial charge is 0.335 e. The van der Waals surface area contributed by atoms with Gasteiger partial charge in [-0.3, -0.25) is 4.79 Å². The number of nitrogens with one attached hydrogen (secondary N) is 2. The number of aromatic carboxylic acids is 1. The van der Waals surface area contributed by atoms with E-state index in [0.29, 0.717) is 17.9 Å². The average molecular weight is 456 g/mol. The van der Waals surface area contributed by atoms with Crippen LogP contribution >= 0.6 is 0 Å². The highest BCUT2D eigenvalue weighted by molar-refractivity contribution is 5.94. The Hall–Kier alpha value is -4.33. The van der Waals surface area contributed by atoms with E-state index in [1.165, 1.54) is 12.1 Å². The molecule has 4 aromatic rings. The number of anilines is 1. The quantitative estimate of drug-likeness (QED) is 0.332. The second-order valence-electron chi connectivity index (χ2n) is 8.05. The number of nitrogens with zero attached hydrogens (tertiary/aromatic N) is 3. The zero-order chi connectivity index (χ0) is 23.9. The van der Waals surface area contributed by atoms with E-state index in [-0.39, 0.29) is 17.4 Å². The molecule has 0 aliphatic carbocycles. The maximum absolute atomic E-state index is 12.9. The fourth-order valence-electron chi connectivity index (χ4n) is 3.93. The van der Waals surface area contributed by atoms with Crippen molar-refractivity contribution < 1.29 is 14.7 Å². The van der Waals surface area contributed by atoms with Gasteiger partial charge in [-0.2, -0.15) is 0 Å². The van der Waals surface area contributed by atoms with Gasteiger partial charge in [-0.15, -0.1) is 5.10 Å². The Bertz CT molecular complexity index is 1250. The predicted octanol–water partition coefficient (Wildman–Crippen LogP) is 4.83. The predicted molar refractivity (Wildman–Crippen MR) is 129 cm³/mol. The van der Waals surface area contributed by atoms with Crippen molar-refractivity contribution in [1.82, 2.24) is 20.6 Å². The monoisotopic (exact) mass is 455 g/mol. The molecule has 3 aromatic carbocycles. The van der Waals surface area contributed by atoms with Gasteiger partial charge in [0.15, 0.2) is 5.82 Å². The minimum atomic E-state index is -0.995. The Kier molecular flexibility index (Phi) is 7.07. The molecular weight excluding hydrogens is 430 g/mol. The number of carbonyl (C=O) groups is 2. The van der Waals surface area contributed by atoms with Crippen LogP contribution in [0.3, 0.4) is 0 Å². The number of rotatable bonds is 9. The van der Waals surface area contributed by atoms with E-state index in [1.807, 2.05) is 48.5 Å². The molecule has 1 aromatic heterocycles. The van der Waals surface area contributed by atoms with Crippen molar-refractivity contribution in [3.8, 4) is 22.5 Å². The fourth-order valence-corrected chi connectivity index (χ4v) is 3.93. The zero-order valence-electron chi connectivity index (χ0n) is 18.7. The maximum atomic E-state index is 12.9. The molecule has 34 heavy (non-hydrogen) atoms. The summed E-state index contributed by atoms with van der Waals surface area (Å²) in [5.74, 6) is -0.652. The molecule has 0 aliphatic rings. The van der Waals surface area contributed by atoms with E-state index in [9.17, 15) is 9.59 Å². The lowest BCUT2D eigenvalue weighted by Gasteiger charge is -2.17. The lowest BCUT2D eigenvalue weighted by molar-refractivity contribution is -0.120. The van der Waals surface area contributed by atoms with Crippen molar-refractivity contribution in [3.05, 3.63) is 83.9 Å². The standard InChI is InChI=1S/C26H25N5O3/c1-2-5-20(25(32)27-21-14-12-19(13-15-21)26(33)34)16-17-8-10-18(11-9-17)22-6-3-4-7-23(22)24-28-30-31-29-24/h3-4,6-15,20H,2,5,16H2,1H3,(H,27,32)(H,33,34)(H,28,29,30,31). The highest BCUT2D eigenvalue weighted by Gasteiger charge is 2.19. The molecule has 0 spiro atoms. The molecule has 1 unspecified atom stereocenters. The third kappa shape index (κ3) is 5.35. The number of carboxylic acid groups (broad SMARTS) is 1. The lowest BCUT2D eigenvalue weighted by atomic mass is 9.92. The summed E-state index contributed by atoms with van der Waals surface area (Å²) in [6.07, 6.45) is 2.25. The van der Waals surface area contributed by atoms with Crippen LogP contribution in [0.1, 0.15) is 35.7 Å². The molecule has 0 saturated heterocycles. The zero-order valence-corrected chi connectivity index (χ0v) is 18.7. The molecule has 0 fully saturated rings. The molecule has 0 bridgehead atoms. The van der Waals surface area contributed by atoms with Gasteiger partial charge in [0.05, 0.1) is 5.56 Å². The van der Waals surface area contributed by atoms with Gasteiger partial charge in [0.2, 0.25) is 5.91 Å². The molecule has 4 rings (SSSR count). The largest absolute Gasteiger partial charge is 0.478 e. The minimum absolute atomic E-state index is 0.0721. The van der Waals surface area contributed by atoms with Crippen LogP contribution < -0.4 is 5.32 Å². The molecule has 0 aliphatic heterocycles. The Morgan fingerprint density at radius 2 is 1.68 bits per heavy atom. The molecule has 0 radical (unpaired) electrons. The van der Waals surface area contributed by atoms with Gasteiger partial charge in [-0.05, 0) is 64.2 Å². The van der Waals surface area contributed by atoms with Crippen LogP contribution in [-0.4, -0.2) is 37.6 Å². The molecular formula is C26H25N5O3. The lowest BCUT2D eigenvalue weighted by Crippen LogP contribution is -2.24. The van der Waals surface area contributed by atoms with E-state index in [2.05, 4.69) is 32.9 Å². The number of carboxylic acids is 1. The summed E-state index contributed by atoms with van der Waals surface area (Å²) < 4.78 is 0. The van der Waals surface area contributed by atoms with Gasteiger partial charge in [-0.25, -0.2) is 9.89 Å². The summed E-state index contributed by atoms with van der Waals surface area (Å²) in [5.41, 5.74) is 4.80. The first-order valence-electron chi connectivity index (χ1n) is 11.1. The van der Waals surface area contributed by atoms with Crippen molar-refractivity contribution in [2.24, 2.45) is 5.92 Å². The SMILES string of the molecule is CCCC(Cc1ccc(-c2ccccc2-c2nnn[nH]2)cc1)C(=O)Nc1ccc(C(=O)O)cc1. The Balaban J connectivity index is 1.48. The van der Waals surface area contributed by atoms with Crippen LogP contribution in [0.4, 0.5) is 5.69 Å². The van der Waals surface area contributed by atoms with E-state index >= 15 is 0 Å². The molecule has 8 nitrogen and oxygen atoms in total. The number of H-pyrrole nitrogens is 1. The van der Waals surface area contributed by atoms with E-state index in [1.54, 1.807) is 12.1 Å². The van der Waals surface area contributed by atoms with Crippen molar-refractivity contribution in [2.45, 2.75) is 26.2 Å². The number of hydrogen-bond acceptors (Lipinski definition) is 5. The highest BCUT2D eigenvalue weighted by atomic mass is 16.4. The average Bonchev–Trinajstić information content (AvgIpc) is 3.39. The van der Waals surface area contributed by atoms with Crippen LogP contribution in [0.25, 0.3) is 22.5 Å².